The molecule has 172 valence electrons. The molecule has 2 heterocycles. The first-order valence-electron chi connectivity index (χ1n) is 10.3. The van der Waals surface area contributed by atoms with Gasteiger partial charge in [-0.25, -0.2) is 8.42 Å². The summed E-state index contributed by atoms with van der Waals surface area (Å²) in [4.78, 5) is 12.7. The van der Waals surface area contributed by atoms with Crippen molar-refractivity contribution in [1.29, 1.82) is 0 Å². The topological polar surface area (TPSA) is 113 Å². The molecule has 0 saturated heterocycles. The zero-order valence-corrected chi connectivity index (χ0v) is 20.7. The molecule has 1 aliphatic heterocycles. The highest BCUT2D eigenvalue weighted by molar-refractivity contribution is 9.10. The normalized spacial score (nSPS) is 16.8. The minimum atomic E-state index is -4.19. The number of rotatable bonds is 4. The number of aromatic hydroxyl groups is 1. The van der Waals surface area contributed by atoms with Crippen molar-refractivity contribution < 1.29 is 18.3 Å². The number of fused-ring (bicyclic) bond motifs is 2. The zero-order chi connectivity index (χ0) is 23.5. The molecular formula is C22H20BrClN4O4S. The molecule has 0 radical (unpaired) electrons. The van der Waals surface area contributed by atoms with Crippen molar-refractivity contribution in [2.75, 3.05) is 10.0 Å². The van der Waals surface area contributed by atoms with Crippen molar-refractivity contribution in [3.63, 3.8) is 0 Å². The second kappa shape index (κ2) is 7.75. The van der Waals surface area contributed by atoms with Gasteiger partial charge in [-0.3, -0.25) is 14.2 Å². The number of nitrogens with one attached hydrogen (secondary N) is 2. The Bertz CT molecular complexity index is 1410. The summed E-state index contributed by atoms with van der Waals surface area (Å²) in [6, 6.07) is 6.07. The van der Waals surface area contributed by atoms with E-state index in [0.717, 1.165) is 24.0 Å². The highest BCUT2D eigenvalue weighted by atomic mass is 79.9. The molecule has 1 spiro atoms. The van der Waals surface area contributed by atoms with Crippen LogP contribution in [0.1, 0.15) is 31.2 Å². The fraction of sp³-hybridized carbons (Fsp3) is 0.273. The number of aryl methyl sites for hydroxylation is 1. The van der Waals surface area contributed by atoms with Crippen LogP contribution in [0.5, 0.6) is 5.75 Å². The van der Waals surface area contributed by atoms with E-state index in [1.165, 1.54) is 12.1 Å². The predicted molar refractivity (Wildman–Crippen MR) is 129 cm³/mol. The number of benzene rings is 2. The summed E-state index contributed by atoms with van der Waals surface area (Å²) < 4.78 is 31.0. The van der Waals surface area contributed by atoms with Crippen LogP contribution in [0.3, 0.4) is 0 Å². The maximum Gasteiger partial charge on any atom is 0.265 e. The van der Waals surface area contributed by atoms with E-state index >= 15 is 0 Å². The number of phenolic OH excluding ortho intramolecular Hbond substituents is 1. The molecule has 33 heavy (non-hydrogen) atoms. The summed E-state index contributed by atoms with van der Waals surface area (Å²) in [6.07, 6.45) is 6.73. The Labute approximate surface area is 204 Å². The third-order valence-corrected chi connectivity index (χ3v) is 8.48. The molecule has 0 bridgehead atoms. The van der Waals surface area contributed by atoms with Crippen molar-refractivity contribution >= 4 is 54.8 Å². The van der Waals surface area contributed by atoms with Crippen molar-refractivity contribution in [2.45, 2.75) is 36.0 Å². The summed E-state index contributed by atoms with van der Waals surface area (Å²) in [5.74, 6) is -0.596. The van der Waals surface area contributed by atoms with Crippen molar-refractivity contribution in [1.82, 2.24) is 9.78 Å². The lowest BCUT2D eigenvalue weighted by Crippen LogP contribution is -2.31. The number of amides is 1. The number of nitrogens with zero attached hydrogens (tertiary/aromatic N) is 2. The molecule has 0 unspecified atom stereocenters. The monoisotopic (exact) mass is 550 g/mol. The summed E-state index contributed by atoms with van der Waals surface area (Å²) >= 11 is 9.20. The highest BCUT2D eigenvalue weighted by Gasteiger charge is 2.49. The van der Waals surface area contributed by atoms with Gasteiger partial charge >= 0.3 is 0 Å². The molecule has 5 rings (SSSR count). The molecule has 0 atom stereocenters. The van der Waals surface area contributed by atoms with Crippen molar-refractivity contribution in [3.05, 3.63) is 51.7 Å². The first-order chi connectivity index (χ1) is 15.6. The van der Waals surface area contributed by atoms with E-state index < -0.39 is 21.2 Å². The average Bonchev–Trinajstić information content (AvgIpc) is 3.46. The number of hydrogen-bond acceptors (Lipinski definition) is 5. The number of aromatic nitrogens is 2. The third kappa shape index (κ3) is 3.60. The quantitative estimate of drug-likeness (QED) is 0.432. The van der Waals surface area contributed by atoms with Crippen LogP contribution in [0, 0.1) is 0 Å². The lowest BCUT2D eigenvalue weighted by atomic mass is 9.79. The first kappa shape index (κ1) is 22.2. The van der Waals surface area contributed by atoms with E-state index in [9.17, 15) is 18.3 Å². The first-order valence-corrected chi connectivity index (χ1v) is 13.0. The number of sulfonamides is 1. The highest BCUT2D eigenvalue weighted by Crippen LogP contribution is 2.52. The Morgan fingerprint density at radius 3 is 2.64 bits per heavy atom. The van der Waals surface area contributed by atoms with Gasteiger partial charge in [-0.15, -0.1) is 0 Å². The number of halogens is 2. The van der Waals surface area contributed by atoms with Crippen molar-refractivity contribution in [2.24, 2.45) is 7.05 Å². The Hall–Kier alpha value is -2.56. The van der Waals surface area contributed by atoms with Crippen molar-refractivity contribution in [3.8, 4) is 16.9 Å². The molecule has 2 aliphatic rings. The van der Waals surface area contributed by atoms with E-state index in [1.54, 1.807) is 36.3 Å². The maximum absolute atomic E-state index is 13.2. The second-order valence-corrected chi connectivity index (χ2v) is 11.4. The Kier molecular flexibility index (Phi) is 5.22. The van der Waals surface area contributed by atoms with E-state index in [1.807, 2.05) is 0 Å². The van der Waals surface area contributed by atoms with Gasteiger partial charge in [0, 0.05) is 34.5 Å². The Morgan fingerprint density at radius 2 is 1.97 bits per heavy atom. The Balaban J connectivity index is 1.67. The van der Waals surface area contributed by atoms with Gasteiger partial charge in [-0.2, -0.15) is 5.10 Å². The number of carbonyl (C=O) groups is 1. The van der Waals surface area contributed by atoms with Gasteiger partial charge in [0.1, 0.15) is 4.90 Å². The minimum Gasteiger partial charge on any atom is -0.505 e. The molecule has 1 aliphatic carbocycles. The predicted octanol–water partition coefficient (Wildman–Crippen LogP) is 4.77. The van der Waals surface area contributed by atoms with Crippen LogP contribution in [-0.4, -0.2) is 29.2 Å². The molecular weight excluding hydrogens is 532 g/mol. The van der Waals surface area contributed by atoms with Crippen LogP contribution in [0.25, 0.3) is 11.1 Å². The zero-order valence-electron chi connectivity index (χ0n) is 17.5. The standard InChI is InChI=1S/C22H20BrClN4O4S/c1-28-11-12(10-25-28)15-8-14(9-16-19(15)26-21(30)22(16)4-2-3-5-22)27-33(31,32)18-7-13(23)6-17(24)20(18)29/h6-11,27,29H,2-5H2,1H3,(H,26,30). The van der Waals surface area contributed by atoms with Crippen LogP contribution >= 0.6 is 27.5 Å². The number of carbonyl (C=O) groups excluding carboxylic acids is 1. The van der Waals surface area contributed by atoms with Crippen LogP contribution in [0.15, 0.2) is 46.0 Å². The van der Waals surface area contributed by atoms with Gasteiger partial charge in [-0.1, -0.05) is 40.4 Å². The molecule has 2 aromatic carbocycles. The van der Waals surface area contributed by atoms with E-state index in [2.05, 4.69) is 31.1 Å². The Morgan fingerprint density at radius 1 is 1.24 bits per heavy atom. The van der Waals surface area contributed by atoms with Crippen LogP contribution in [-0.2, 0) is 27.3 Å². The van der Waals surface area contributed by atoms with E-state index in [4.69, 9.17) is 11.6 Å². The maximum atomic E-state index is 13.2. The molecule has 3 N–H and O–H groups in total. The molecule has 1 amide bonds. The van der Waals surface area contributed by atoms with Gasteiger partial charge in [0.05, 0.1) is 22.3 Å². The van der Waals surface area contributed by atoms with Crippen LogP contribution in [0.2, 0.25) is 5.02 Å². The molecule has 1 fully saturated rings. The smallest absolute Gasteiger partial charge is 0.265 e. The summed E-state index contributed by atoms with van der Waals surface area (Å²) in [6.45, 7) is 0. The third-order valence-electron chi connectivity index (χ3n) is 6.34. The SMILES string of the molecule is Cn1cc(-c2cc(NS(=O)(=O)c3cc(Br)cc(Cl)c3O)cc3c2NC(=O)C32CCCC2)cn1. The summed E-state index contributed by atoms with van der Waals surface area (Å²) in [7, 11) is -2.40. The van der Waals surface area contributed by atoms with Gasteiger partial charge in [0.25, 0.3) is 10.0 Å². The summed E-state index contributed by atoms with van der Waals surface area (Å²) in [5, 5.41) is 17.5. The molecule has 3 aromatic rings. The van der Waals surface area contributed by atoms with E-state index in [-0.39, 0.29) is 21.5 Å². The molecule has 1 saturated carbocycles. The van der Waals surface area contributed by atoms with Gasteiger partial charge < -0.3 is 10.4 Å². The number of anilines is 2. The fourth-order valence-corrected chi connectivity index (χ4v) is 6.99. The van der Waals surface area contributed by atoms with Crippen LogP contribution < -0.4 is 10.0 Å². The average molecular weight is 552 g/mol. The lowest BCUT2D eigenvalue weighted by molar-refractivity contribution is -0.120. The number of hydrogen-bond donors (Lipinski definition) is 3. The van der Waals surface area contributed by atoms with Crippen LogP contribution in [0.4, 0.5) is 11.4 Å². The molecule has 11 heteroatoms. The minimum absolute atomic E-state index is 0.0587. The molecule has 1 aromatic heterocycles. The lowest BCUT2D eigenvalue weighted by Gasteiger charge is -2.22. The van der Waals surface area contributed by atoms with E-state index in [0.29, 0.717) is 28.6 Å². The van der Waals surface area contributed by atoms with Gasteiger partial charge in [0.15, 0.2) is 5.75 Å². The van der Waals surface area contributed by atoms with Gasteiger partial charge in [-0.05, 0) is 42.7 Å². The molecule has 8 nitrogen and oxygen atoms in total. The second-order valence-electron chi connectivity index (χ2n) is 8.43. The fourth-order valence-electron chi connectivity index (χ4n) is 4.79. The largest absolute Gasteiger partial charge is 0.505 e. The summed E-state index contributed by atoms with van der Waals surface area (Å²) in [5.41, 5.74) is 2.50. The van der Waals surface area contributed by atoms with Gasteiger partial charge in [0.2, 0.25) is 5.91 Å². The number of phenols is 1.